The molecule has 0 aromatic heterocycles. The number of anilines is 1. The van der Waals surface area contributed by atoms with E-state index in [2.05, 4.69) is 5.32 Å². The first kappa shape index (κ1) is 31.1. The van der Waals surface area contributed by atoms with Crippen molar-refractivity contribution in [3.05, 3.63) is 100 Å². The Morgan fingerprint density at radius 2 is 1.70 bits per heavy atom. The molecule has 214 valence electrons. The molecule has 40 heavy (non-hydrogen) atoms. The fourth-order valence-electron chi connectivity index (χ4n) is 4.32. The van der Waals surface area contributed by atoms with E-state index in [4.69, 9.17) is 11.6 Å². The van der Waals surface area contributed by atoms with Crippen LogP contribution in [0.15, 0.2) is 72.8 Å². The van der Waals surface area contributed by atoms with Gasteiger partial charge in [0.15, 0.2) is 0 Å². The average molecular weight is 588 g/mol. The molecular formula is C30H35ClFN3O4S. The number of halogens is 2. The van der Waals surface area contributed by atoms with Crippen LogP contribution >= 0.6 is 11.6 Å². The van der Waals surface area contributed by atoms with E-state index in [1.807, 2.05) is 37.3 Å². The molecule has 7 nitrogen and oxygen atoms in total. The van der Waals surface area contributed by atoms with Crippen molar-refractivity contribution >= 4 is 39.1 Å². The number of benzene rings is 3. The molecule has 0 spiro atoms. The quantitative estimate of drug-likeness (QED) is 0.282. The van der Waals surface area contributed by atoms with Gasteiger partial charge in [-0.15, -0.1) is 0 Å². The van der Waals surface area contributed by atoms with Gasteiger partial charge < -0.3 is 10.2 Å². The summed E-state index contributed by atoms with van der Waals surface area (Å²) in [6, 6.07) is 19.0. The van der Waals surface area contributed by atoms with Gasteiger partial charge in [0.05, 0.1) is 11.9 Å². The van der Waals surface area contributed by atoms with Gasteiger partial charge in [-0.1, -0.05) is 79.5 Å². The number of carbonyl (C=O) groups excluding carboxylic acids is 2. The molecule has 0 fully saturated rings. The Balaban J connectivity index is 2.07. The lowest BCUT2D eigenvalue weighted by atomic mass is 10.0. The minimum atomic E-state index is -3.94. The summed E-state index contributed by atoms with van der Waals surface area (Å²) in [5, 5.41) is 3.20. The van der Waals surface area contributed by atoms with Crippen LogP contribution in [-0.4, -0.2) is 50.5 Å². The summed E-state index contributed by atoms with van der Waals surface area (Å²) in [5.41, 5.74) is 1.86. The van der Waals surface area contributed by atoms with Crippen LogP contribution in [-0.2, 0) is 32.6 Å². The maximum absolute atomic E-state index is 14.8. The molecule has 0 saturated heterocycles. The predicted molar refractivity (Wildman–Crippen MR) is 157 cm³/mol. The van der Waals surface area contributed by atoms with Gasteiger partial charge in [0.25, 0.3) is 0 Å². The first-order chi connectivity index (χ1) is 19.0. The van der Waals surface area contributed by atoms with E-state index in [1.165, 1.54) is 23.1 Å². The van der Waals surface area contributed by atoms with Crippen molar-refractivity contribution in [2.45, 2.75) is 45.7 Å². The molecule has 3 aromatic carbocycles. The molecular weight excluding hydrogens is 553 g/mol. The number of unbranched alkanes of at least 4 members (excludes halogenated alkanes) is 1. The third-order valence-corrected chi connectivity index (χ3v) is 7.88. The highest BCUT2D eigenvalue weighted by atomic mass is 35.5. The van der Waals surface area contributed by atoms with Crippen molar-refractivity contribution in [3.8, 4) is 0 Å². The Bertz CT molecular complexity index is 1420. The molecule has 0 aliphatic rings. The fraction of sp³-hybridized carbons (Fsp3) is 0.333. The number of amides is 2. The van der Waals surface area contributed by atoms with Crippen LogP contribution in [0.3, 0.4) is 0 Å². The van der Waals surface area contributed by atoms with E-state index < -0.39 is 40.2 Å². The molecule has 0 radical (unpaired) electrons. The van der Waals surface area contributed by atoms with Gasteiger partial charge in [0.1, 0.15) is 18.4 Å². The van der Waals surface area contributed by atoms with Crippen LogP contribution in [0.5, 0.6) is 0 Å². The Labute approximate surface area is 241 Å². The summed E-state index contributed by atoms with van der Waals surface area (Å²) in [6.45, 7) is 3.31. The van der Waals surface area contributed by atoms with E-state index in [0.717, 1.165) is 29.0 Å². The Kier molecular flexibility index (Phi) is 11.1. The van der Waals surface area contributed by atoms with Crippen LogP contribution in [0.2, 0.25) is 5.02 Å². The predicted octanol–water partition coefficient (Wildman–Crippen LogP) is 5.11. The lowest BCUT2D eigenvalue weighted by Gasteiger charge is -2.34. The zero-order chi connectivity index (χ0) is 29.3. The number of rotatable bonds is 13. The molecule has 3 aromatic rings. The van der Waals surface area contributed by atoms with Crippen molar-refractivity contribution in [2.24, 2.45) is 0 Å². The Morgan fingerprint density at radius 3 is 2.35 bits per heavy atom. The second-order valence-electron chi connectivity index (χ2n) is 9.66. The van der Waals surface area contributed by atoms with Gasteiger partial charge in [-0.05, 0) is 42.7 Å². The largest absolute Gasteiger partial charge is 0.354 e. The monoisotopic (exact) mass is 587 g/mol. The minimum absolute atomic E-state index is 0.161. The molecule has 0 heterocycles. The zero-order valence-electron chi connectivity index (χ0n) is 22.9. The normalized spacial score (nSPS) is 12.0. The lowest BCUT2D eigenvalue weighted by molar-refractivity contribution is -0.140. The number of carbonyl (C=O) groups is 2. The molecule has 0 unspecified atom stereocenters. The Hall–Kier alpha value is -3.43. The van der Waals surface area contributed by atoms with Crippen LogP contribution in [0.1, 0.15) is 36.5 Å². The van der Waals surface area contributed by atoms with E-state index >= 15 is 0 Å². The topological polar surface area (TPSA) is 86.8 Å². The first-order valence-electron chi connectivity index (χ1n) is 13.1. The number of hydrogen-bond acceptors (Lipinski definition) is 4. The van der Waals surface area contributed by atoms with E-state index in [0.29, 0.717) is 17.1 Å². The van der Waals surface area contributed by atoms with Gasteiger partial charge in [-0.2, -0.15) is 0 Å². The zero-order valence-corrected chi connectivity index (χ0v) is 24.5. The summed E-state index contributed by atoms with van der Waals surface area (Å²) in [4.78, 5) is 28.9. The number of hydrogen-bond donors (Lipinski definition) is 1. The first-order valence-corrected chi connectivity index (χ1v) is 15.3. The maximum Gasteiger partial charge on any atom is 0.244 e. The summed E-state index contributed by atoms with van der Waals surface area (Å²) in [6.07, 6.45) is 2.78. The van der Waals surface area contributed by atoms with Crippen molar-refractivity contribution in [1.82, 2.24) is 10.2 Å². The summed E-state index contributed by atoms with van der Waals surface area (Å²) in [5.74, 6) is -1.58. The smallest absolute Gasteiger partial charge is 0.244 e. The van der Waals surface area contributed by atoms with Crippen LogP contribution < -0.4 is 9.62 Å². The number of aryl methyl sites for hydroxylation is 1. The molecule has 3 rings (SSSR count). The number of sulfonamides is 1. The van der Waals surface area contributed by atoms with Crippen LogP contribution in [0.25, 0.3) is 0 Å². The lowest BCUT2D eigenvalue weighted by Crippen LogP contribution is -2.53. The third kappa shape index (κ3) is 8.53. The van der Waals surface area contributed by atoms with Crippen LogP contribution in [0, 0.1) is 12.7 Å². The molecule has 0 bridgehead atoms. The second kappa shape index (κ2) is 14.3. The second-order valence-corrected chi connectivity index (χ2v) is 12.0. The van der Waals surface area contributed by atoms with E-state index in [-0.39, 0.29) is 24.2 Å². The van der Waals surface area contributed by atoms with E-state index in [1.54, 1.807) is 31.2 Å². The highest BCUT2D eigenvalue weighted by molar-refractivity contribution is 7.92. The van der Waals surface area contributed by atoms with E-state index in [9.17, 15) is 22.4 Å². The minimum Gasteiger partial charge on any atom is -0.354 e. The molecule has 1 N–H and O–H groups in total. The van der Waals surface area contributed by atoms with Crippen molar-refractivity contribution < 1.29 is 22.4 Å². The summed E-state index contributed by atoms with van der Waals surface area (Å²) in [7, 11) is -3.94. The maximum atomic E-state index is 14.8. The molecule has 0 saturated carbocycles. The van der Waals surface area contributed by atoms with Gasteiger partial charge >= 0.3 is 0 Å². The van der Waals surface area contributed by atoms with Gasteiger partial charge in [0, 0.05) is 30.1 Å². The van der Waals surface area contributed by atoms with Gasteiger partial charge in [-0.25, -0.2) is 12.8 Å². The molecule has 10 heteroatoms. The highest BCUT2D eigenvalue weighted by Gasteiger charge is 2.33. The van der Waals surface area contributed by atoms with Crippen molar-refractivity contribution in [3.63, 3.8) is 0 Å². The summed E-state index contributed by atoms with van der Waals surface area (Å²) < 4.78 is 41.6. The average Bonchev–Trinajstić information content (AvgIpc) is 2.91. The number of nitrogens with zero attached hydrogens (tertiary/aromatic N) is 2. The van der Waals surface area contributed by atoms with Gasteiger partial charge in [0.2, 0.25) is 21.8 Å². The number of nitrogens with one attached hydrogen (secondary N) is 1. The molecule has 0 aliphatic heterocycles. The van der Waals surface area contributed by atoms with Crippen LogP contribution in [0.4, 0.5) is 10.1 Å². The van der Waals surface area contributed by atoms with Gasteiger partial charge in [-0.3, -0.25) is 13.9 Å². The Morgan fingerprint density at radius 1 is 1.02 bits per heavy atom. The third-order valence-electron chi connectivity index (χ3n) is 6.52. The highest BCUT2D eigenvalue weighted by Crippen LogP contribution is 2.27. The molecule has 2 amide bonds. The van der Waals surface area contributed by atoms with Crippen molar-refractivity contribution in [2.75, 3.05) is 23.7 Å². The van der Waals surface area contributed by atoms with Crippen molar-refractivity contribution in [1.29, 1.82) is 0 Å². The molecule has 0 aliphatic carbocycles. The SMILES string of the molecule is CCCCNC(=O)[C@@H](Cc1ccccc1)N(Cc1ccccc1F)C(=O)CN(c1cc(Cl)ccc1C)S(C)(=O)=O. The summed E-state index contributed by atoms with van der Waals surface area (Å²) >= 11 is 6.17. The standard InChI is InChI=1S/C30H35ClFN3O4S/c1-4-5-17-33-30(37)28(18-23-11-7-6-8-12-23)34(20-24-13-9-10-14-26(24)32)29(36)21-35(40(3,38)39)27-19-25(31)16-15-22(27)2/h6-16,19,28H,4-5,17-18,20-21H2,1-3H3,(H,33,37)/t28-/m1/s1. The fourth-order valence-corrected chi connectivity index (χ4v) is 5.38. The molecule has 1 atom stereocenters.